The van der Waals surface area contributed by atoms with Crippen molar-refractivity contribution in [2.24, 2.45) is 0 Å². The van der Waals surface area contributed by atoms with E-state index in [0.717, 1.165) is 11.0 Å². The van der Waals surface area contributed by atoms with Gasteiger partial charge in [-0.25, -0.2) is 0 Å². The molecule has 4 aromatic rings. The molecule has 2 aromatic heterocycles. The number of nitrogens with one attached hydrogen (secondary N) is 2. The molecule has 0 aliphatic rings. The summed E-state index contributed by atoms with van der Waals surface area (Å²) in [5, 5.41) is 10.8. The fourth-order valence-electron chi connectivity index (χ4n) is 2.78. The van der Waals surface area contributed by atoms with E-state index in [-0.39, 0.29) is 5.69 Å². The zero-order valence-corrected chi connectivity index (χ0v) is 13.4. The van der Waals surface area contributed by atoms with Crippen LogP contribution in [0, 0.1) is 0 Å². The van der Waals surface area contributed by atoms with Gasteiger partial charge in [0, 0.05) is 10.8 Å². The van der Waals surface area contributed by atoms with Crippen molar-refractivity contribution in [3.63, 3.8) is 0 Å². The molecule has 6 heteroatoms. The Morgan fingerprint density at radius 3 is 2.76 bits per heavy atom. The van der Waals surface area contributed by atoms with Crippen LogP contribution in [0.1, 0.15) is 29.2 Å². The van der Waals surface area contributed by atoms with E-state index in [4.69, 9.17) is 4.42 Å². The Kier molecular flexibility index (Phi) is 3.57. The molecule has 25 heavy (non-hydrogen) atoms. The van der Waals surface area contributed by atoms with Gasteiger partial charge in [0.05, 0.1) is 11.6 Å². The van der Waals surface area contributed by atoms with E-state index in [2.05, 4.69) is 15.5 Å². The van der Waals surface area contributed by atoms with Crippen LogP contribution >= 0.6 is 0 Å². The van der Waals surface area contributed by atoms with Crippen molar-refractivity contribution < 1.29 is 9.21 Å². The molecule has 0 spiro atoms. The first-order valence-corrected chi connectivity index (χ1v) is 7.90. The number of rotatable bonds is 3. The predicted molar refractivity (Wildman–Crippen MR) is 94.5 cm³/mol. The van der Waals surface area contributed by atoms with Gasteiger partial charge in [-0.3, -0.25) is 14.7 Å². The van der Waals surface area contributed by atoms with Crippen molar-refractivity contribution in [1.82, 2.24) is 15.5 Å². The van der Waals surface area contributed by atoms with Crippen LogP contribution in [0.3, 0.4) is 0 Å². The van der Waals surface area contributed by atoms with Crippen LogP contribution in [0.15, 0.2) is 63.8 Å². The van der Waals surface area contributed by atoms with Gasteiger partial charge in [0.15, 0.2) is 5.69 Å². The van der Waals surface area contributed by atoms with Gasteiger partial charge in [-0.2, -0.15) is 5.10 Å². The van der Waals surface area contributed by atoms with E-state index in [1.165, 1.54) is 0 Å². The lowest BCUT2D eigenvalue weighted by Gasteiger charge is -2.10. The molecule has 2 aromatic carbocycles. The third-order valence-corrected chi connectivity index (χ3v) is 4.11. The summed E-state index contributed by atoms with van der Waals surface area (Å²) in [5.41, 5.74) is 0.778. The highest BCUT2D eigenvalue weighted by Gasteiger charge is 2.19. The number of hydrogen-bond acceptors (Lipinski definition) is 4. The summed E-state index contributed by atoms with van der Waals surface area (Å²) in [5.74, 6) is 0.0757. The number of furan rings is 1. The Morgan fingerprint density at radius 1 is 1.16 bits per heavy atom. The van der Waals surface area contributed by atoms with Crippen molar-refractivity contribution in [2.45, 2.75) is 13.0 Å². The number of aromatic nitrogens is 2. The van der Waals surface area contributed by atoms with E-state index in [0.29, 0.717) is 16.7 Å². The highest BCUT2D eigenvalue weighted by atomic mass is 16.3. The molecular formula is C19H15N3O3. The van der Waals surface area contributed by atoms with Crippen LogP contribution < -0.4 is 10.7 Å². The molecule has 0 aliphatic heterocycles. The lowest BCUT2D eigenvalue weighted by atomic mass is 10.2. The molecule has 0 fully saturated rings. The summed E-state index contributed by atoms with van der Waals surface area (Å²) in [4.78, 5) is 24.9. The Labute approximate surface area is 142 Å². The quantitative estimate of drug-likeness (QED) is 0.603. The minimum Gasteiger partial charge on any atom is -0.459 e. The van der Waals surface area contributed by atoms with Crippen molar-refractivity contribution in [3.05, 3.63) is 76.3 Å². The molecular weight excluding hydrogens is 318 g/mol. The topological polar surface area (TPSA) is 88.0 Å². The van der Waals surface area contributed by atoms with Crippen LogP contribution in [0.2, 0.25) is 0 Å². The summed E-state index contributed by atoms with van der Waals surface area (Å²) in [7, 11) is 0. The number of nitrogens with zero attached hydrogens (tertiary/aromatic N) is 1. The predicted octanol–water partition coefficient (Wildman–Crippen LogP) is 3.16. The van der Waals surface area contributed by atoms with E-state index >= 15 is 0 Å². The summed E-state index contributed by atoms with van der Waals surface area (Å²) < 4.78 is 5.75. The van der Waals surface area contributed by atoms with E-state index in [1.54, 1.807) is 31.2 Å². The molecule has 1 unspecified atom stereocenters. The zero-order chi connectivity index (χ0) is 17.4. The largest absolute Gasteiger partial charge is 0.459 e. The molecule has 0 bridgehead atoms. The van der Waals surface area contributed by atoms with Gasteiger partial charge in [0.25, 0.3) is 5.91 Å². The van der Waals surface area contributed by atoms with Crippen molar-refractivity contribution >= 4 is 27.8 Å². The Morgan fingerprint density at radius 2 is 1.92 bits per heavy atom. The average Bonchev–Trinajstić information content (AvgIpc) is 3.06. The summed E-state index contributed by atoms with van der Waals surface area (Å²) in [6, 6.07) is 16.0. The van der Waals surface area contributed by atoms with Gasteiger partial charge in [-0.05, 0) is 31.2 Å². The molecule has 1 amide bonds. The lowest BCUT2D eigenvalue weighted by Crippen LogP contribution is -2.32. The third kappa shape index (κ3) is 2.67. The fourth-order valence-corrected chi connectivity index (χ4v) is 2.78. The number of para-hydroxylation sites is 2. The number of amides is 1. The normalized spacial score (nSPS) is 12.4. The van der Waals surface area contributed by atoms with Crippen LogP contribution in [-0.4, -0.2) is 16.1 Å². The molecule has 4 rings (SSSR count). The van der Waals surface area contributed by atoms with Gasteiger partial charge < -0.3 is 9.73 Å². The Bertz CT molecular complexity index is 1110. The maximum absolute atomic E-state index is 12.5. The van der Waals surface area contributed by atoms with Gasteiger partial charge in [0.1, 0.15) is 11.3 Å². The monoisotopic (exact) mass is 333 g/mol. The molecule has 0 saturated heterocycles. The Hall–Kier alpha value is -3.41. The van der Waals surface area contributed by atoms with E-state index in [9.17, 15) is 9.59 Å². The number of carbonyl (C=O) groups is 1. The molecule has 124 valence electrons. The van der Waals surface area contributed by atoms with Gasteiger partial charge in [-0.15, -0.1) is 0 Å². The zero-order valence-electron chi connectivity index (χ0n) is 13.4. The van der Waals surface area contributed by atoms with Crippen LogP contribution in [0.25, 0.3) is 21.9 Å². The number of carbonyl (C=O) groups excluding carboxylic acids is 1. The summed E-state index contributed by atoms with van der Waals surface area (Å²) in [6.07, 6.45) is 0. The molecule has 0 radical (unpaired) electrons. The highest BCUT2D eigenvalue weighted by Crippen LogP contribution is 2.23. The molecule has 0 saturated carbocycles. The second kappa shape index (κ2) is 5.90. The maximum Gasteiger partial charge on any atom is 0.276 e. The second-order valence-electron chi connectivity index (χ2n) is 5.83. The van der Waals surface area contributed by atoms with Crippen LogP contribution in [0.4, 0.5) is 0 Å². The first-order valence-electron chi connectivity index (χ1n) is 7.90. The maximum atomic E-state index is 12.5. The molecule has 1 atom stereocenters. The molecule has 2 heterocycles. The first kappa shape index (κ1) is 15.1. The van der Waals surface area contributed by atoms with Crippen LogP contribution in [-0.2, 0) is 0 Å². The van der Waals surface area contributed by atoms with Gasteiger partial charge in [0.2, 0.25) is 5.43 Å². The Balaban J connectivity index is 1.63. The smallest absolute Gasteiger partial charge is 0.276 e. The number of hydrogen-bond donors (Lipinski definition) is 2. The lowest BCUT2D eigenvalue weighted by molar-refractivity contribution is 0.0928. The van der Waals surface area contributed by atoms with Crippen LogP contribution in [0.5, 0.6) is 0 Å². The minimum absolute atomic E-state index is 0.165. The summed E-state index contributed by atoms with van der Waals surface area (Å²) >= 11 is 0. The molecule has 2 N–H and O–H groups in total. The fraction of sp³-hybridized carbons (Fsp3) is 0.105. The molecule has 0 aliphatic carbocycles. The average molecular weight is 333 g/mol. The third-order valence-electron chi connectivity index (χ3n) is 4.11. The summed E-state index contributed by atoms with van der Waals surface area (Å²) in [6.45, 7) is 1.80. The number of benzene rings is 2. The second-order valence-corrected chi connectivity index (χ2v) is 5.83. The number of H-pyrrole nitrogens is 1. The first-order chi connectivity index (χ1) is 12.1. The van der Waals surface area contributed by atoms with Gasteiger partial charge in [-0.1, -0.05) is 30.3 Å². The number of aromatic amines is 1. The van der Waals surface area contributed by atoms with E-state index in [1.807, 2.05) is 30.3 Å². The number of fused-ring (bicyclic) bond motifs is 2. The highest BCUT2D eigenvalue weighted by molar-refractivity contribution is 5.95. The van der Waals surface area contributed by atoms with Crippen molar-refractivity contribution in [2.75, 3.05) is 0 Å². The van der Waals surface area contributed by atoms with E-state index < -0.39 is 17.4 Å². The SMILES string of the molecule is CC(NC(=O)c1n[nH]c2ccccc2c1=O)c1cc2ccccc2o1. The minimum atomic E-state index is -0.542. The molecule has 6 nitrogen and oxygen atoms in total. The van der Waals surface area contributed by atoms with Crippen molar-refractivity contribution in [3.8, 4) is 0 Å². The van der Waals surface area contributed by atoms with Crippen molar-refractivity contribution in [1.29, 1.82) is 0 Å². The standard InChI is InChI=1S/C19H15N3O3/c1-11(16-10-12-6-2-5-9-15(12)25-16)20-19(24)17-18(23)13-7-3-4-8-14(13)21-22-17/h2-11H,1H3,(H,20,24)(H,21,23). The van der Waals surface area contributed by atoms with Gasteiger partial charge >= 0.3 is 0 Å².